The van der Waals surface area contributed by atoms with Crippen LogP contribution in [0.2, 0.25) is 0 Å². The third kappa shape index (κ3) is 6.35. The number of furan rings is 1. The zero-order valence-electron chi connectivity index (χ0n) is 22.3. The Bertz CT molecular complexity index is 1490. The van der Waals surface area contributed by atoms with Crippen molar-refractivity contribution in [3.63, 3.8) is 0 Å². The maximum Gasteiger partial charge on any atom is 0.255 e. The minimum Gasteiger partial charge on any atom is -0.460 e. The van der Waals surface area contributed by atoms with Gasteiger partial charge in [0.1, 0.15) is 17.1 Å². The van der Waals surface area contributed by atoms with Gasteiger partial charge in [0.15, 0.2) is 0 Å². The number of amides is 2. The molecule has 0 unspecified atom stereocenters. The normalized spacial score (nSPS) is 14.2. The summed E-state index contributed by atoms with van der Waals surface area (Å²) >= 11 is 0. The smallest absolute Gasteiger partial charge is 0.255 e. The minimum absolute atomic E-state index is 0.0282. The number of carbonyl (C=O) groups excluding carboxylic acids is 2. The fraction of sp³-hybridized carbons (Fsp3) is 0.310. The average Bonchev–Trinajstić information content (AvgIpc) is 3.25. The topological polar surface area (TPSA) is 122 Å². The molecular formula is C29H32N6O4. The Balaban J connectivity index is 1.23. The second-order valence-corrected chi connectivity index (χ2v) is 9.80. The lowest BCUT2D eigenvalue weighted by molar-refractivity contribution is -0.117. The Morgan fingerprint density at radius 3 is 2.69 bits per heavy atom. The number of hydrogen-bond acceptors (Lipinski definition) is 8. The predicted octanol–water partition coefficient (Wildman–Crippen LogP) is 5.10. The van der Waals surface area contributed by atoms with E-state index in [0.717, 1.165) is 37.5 Å². The van der Waals surface area contributed by atoms with Crippen LogP contribution in [0.25, 0.3) is 11.0 Å². The third-order valence-electron chi connectivity index (χ3n) is 6.79. The summed E-state index contributed by atoms with van der Waals surface area (Å²) in [6, 6.07) is 14.3. The molecule has 0 aliphatic carbocycles. The number of nitrogens with one attached hydrogen (secondary N) is 3. The second-order valence-electron chi connectivity index (χ2n) is 9.80. The van der Waals surface area contributed by atoms with Crippen LogP contribution in [-0.4, -0.2) is 53.4 Å². The molecule has 0 saturated carbocycles. The van der Waals surface area contributed by atoms with Crippen LogP contribution in [-0.2, 0) is 4.79 Å². The zero-order valence-corrected chi connectivity index (χ0v) is 22.3. The quantitative estimate of drug-likeness (QED) is 0.289. The number of fused-ring (bicyclic) bond motifs is 1. The summed E-state index contributed by atoms with van der Waals surface area (Å²) in [4.78, 5) is 35.7. The first-order chi connectivity index (χ1) is 18.9. The number of nitrogens with zero attached hydrogens (tertiary/aromatic N) is 3. The molecule has 0 atom stereocenters. The predicted molar refractivity (Wildman–Crippen MR) is 150 cm³/mol. The molecule has 3 heterocycles. The molecule has 4 aromatic rings. The van der Waals surface area contributed by atoms with Gasteiger partial charge in [-0.3, -0.25) is 14.5 Å². The highest BCUT2D eigenvalue weighted by atomic mass is 16.5. The molecule has 1 fully saturated rings. The summed E-state index contributed by atoms with van der Waals surface area (Å²) in [7, 11) is 1.59. The summed E-state index contributed by atoms with van der Waals surface area (Å²) in [5, 5.41) is 9.49. The third-order valence-corrected chi connectivity index (χ3v) is 6.79. The van der Waals surface area contributed by atoms with Gasteiger partial charge in [0.2, 0.25) is 17.7 Å². The lowest BCUT2D eigenvalue weighted by Crippen LogP contribution is -2.38. The standard InChI is InChI=1S/C29H32N6O4/c1-18-10-13-35(14-11-18)17-25(36)32-20-5-4-6-21(15-20)33-29-31-12-9-26(34-29)39-22-7-8-23-24(16-22)38-19(2)27(23)28(37)30-3/h4-9,12,15-16,18H,10-11,13-14,17H2,1-3H3,(H,30,37)(H,32,36)(H,31,33,34). The van der Waals surface area contributed by atoms with E-state index in [-0.39, 0.29) is 11.8 Å². The highest BCUT2D eigenvalue weighted by Gasteiger charge is 2.19. The van der Waals surface area contributed by atoms with E-state index in [2.05, 4.69) is 37.7 Å². The molecule has 0 radical (unpaired) electrons. The van der Waals surface area contributed by atoms with Crippen LogP contribution in [0.15, 0.2) is 59.1 Å². The van der Waals surface area contributed by atoms with Crippen LogP contribution < -0.4 is 20.7 Å². The second kappa shape index (κ2) is 11.5. The Morgan fingerprint density at radius 2 is 1.90 bits per heavy atom. The molecule has 0 bridgehead atoms. The van der Waals surface area contributed by atoms with Crippen molar-refractivity contribution in [3.05, 3.63) is 66.1 Å². The van der Waals surface area contributed by atoms with Gasteiger partial charge in [0.25, 0.3) is 5.91 Å². The van der Waals surface area contributed by atoms with E-state index < -0.39 is 0 Å². The highest BCUT2D eigenvalue weighted by molar-refractivity contribution is 6.07. The van der Waals surface area contributed by atoms with Crippen LogP contribution in [0.4, 0.5) is 17.3 Å². The van der Waals surface area contributed by atoms with Crippen LogP contribution in [0, 0.1) is 12.8 Å². The molecule has 39 heavy (non-hydrogen) atoms. The lowest BCUT2D eigenvalue weighted by atomic mass is 9.99. The van der Waals surface area contributed by atoms with E-state index >= 15 is 0 Å². The SMILES string of the molecule is CNC(=O)c1c(C)oc2cc(Oc3ccnc(Nc4cccc(NC(=O)CN5CCC(C)CC5)c4)n3)ccc12. The molecule has 2 amide bonds. The molecule has 1 aliphatic heterocycles. The number of piperidine rings is 1. The highest BCUT2D eigenvalue weighted by Crippen LogP contribution is 2.31. The van der Waals surface area contributed by atoms with E-state index in [9.17, 15) is 9.59 Å². The molecule has 10 nitrogen and oxygen atoms in total. The number of aromatic nitrogens is 2. The zero-order chi connectivity index (χ0) is 27.4. The first kappa shape index (κ1) is 26.2. The average molecular weight is 529 g/mol. The van der Waals surface area contributed by atoms with E-state index in [1.807, 2.05) is 24.3 Å². The lowest BCUT2D eigenvalue weighted by Gasteiger charge is -2.29. The largest absolute Gasteiger partial charge is 0.460 e. The Kier molecular flexibility index (Phi) is 7.74. The van der Waals surface area contributed by atoms with Crippen molar-refractivity contribution in [1.29, 1.82) is 0 Å². The molecular weight excluding hydrogens is 496 g/mol. The number of carbonyl (C=O) groups is 2. The summed E-state index contributed by atoms with van der Waals surface area (Å²) in [5.41, 5.74) is 2.48. The van der Waals surface area contributed by atoms with E-state index in [1.165, 1.54) is 0 Å². The van der Waals surface area contributed by atoms with Crippen molar-refractivity contribution in [2.24, 2.45) is 5.92 Å². The van der Waals surface area contributed by atoms with Gasteiger partial charge in [0, 0.05) is 42.1 Å². The van der Waals surface area contributed by atoms with Crippen LogP contribution in [0.5, 0.6) is 11.6 Å². The monoisotopic (exact) mass is 528 g/mol. The molecule has 0 spiro atoms. The molecule has 2 aromatic heterocycles. The van der Waals surface area contributed by atoms with Gasteiger partial charge < -0.3 is 25.1 Å². The molecule has 1 aliphatic rings. The molecule has 1 saturated heterocycles. The van der Waals surface area contributed by atoms with E-state index in [4.69, 9.17) is 9.15 Å². The maximum absolute atomic E-state index is 12.6. The van der Waals surface area contributed by atoms with Gasteiger partial charge in [-0.1, -0.05) is 13.0 Å². The van der Waals surface area contributed by atoms with Gasteiger partial charge in [-0.05, 0) is 69.1 Å². The van der Waals surface area contributed by atoms with Crippen LogP contribution in [0.3, 0.4) is 0 Å². The van der Waals surface area contributed by atoms with Crippen molar-refractivity contribution in [1.82, 2.24) is 20.2 Å². The minimum atomic E-state index is -0.202. The summed E-state index contributed by atoms with van der Waals surface area (Å²) in [5.74, 6) is 2.22. The van der Waals surface area contributed by atoms with Gasteiger partial charge >= 0.3 is 0 Å². The van der Waals surface area contributed by atoms with Gasteiger partial charge in [-0.25, -0.2) is 4.98 Å². The van der Waals surface area contributed by atoms with Crippen molar-refractivity contribution < 1.29 is 18.7 Å². The summed E-state index contributed by atoms with van der Waals surface area (Å²) < 4.78 is 11.7. The van der Waals surface area contributed by atoms with Gasteiger partial charge in [-0.2, -0.15) is 4.98 Å². The Labute approximate surface area is 226 Å². The fourth-order valence-electron chi connectivity index (χ4n) is 4.68. The number of aryl methyl sites for hydroxylation is 1. The van der Waals surface area contributed by atoms with Crippen molar-refractivity contribution in [3.8, 4) is 11.6 Å². The number of likely N-dealkylation sites (tertiary alicyclic amines) is 1. The van der Waals surface area contributed by atoms with Crippen molar-refractivity contribution in [2.45, 2.75) is 26.7 Å². The Hall–Kier alpha value is -4.44. The van der Waals surface area contributed by atoms with Crippen molar-refractivity contribution in [2.75, 3.05) is 37.3 Å². The number of ether oxygens (including phenoxy) is 1. The number of anilines is 3. The van der Waals surface area contributed by atoms with Gasteiger partial charge in [0.05, 0.1) is 12.1 Å². The number of hydrogen-bond donors (Lipinski definition) is 3. The summed E-state index contributed by atoms with van der Waals surface area (Å²) in [6.45, 7) is 6.31. The molecule has 10 heteroatoms. The fourth-order valence-corrected chi connectivity index (χ4v) is 4.68. The molecule has 3 N–H and O–H groups in total. The molecule has 202 valence electrons. The van der Waals surface area contributed by atoms with Gasteiger partial charge in [-0.15, -0.1) is 0 Å². The first-order valence-corrected chi connectivity index (χ1v) is 13.0. The number of rotatable bonds is 8. The molecule has 5 rings (SSSR count). The van der Waals surface area contributed by atoms with E-state index in [1.54, 1.807) is 44.4 Å². The maximum atomic E-state index is 12.6. The first-order valence-electron chi connectivity index (χ1n) is 13.0. The van der Waals surface area contributed by atoms with Crippen LogP contribution >= 0.6 is 0 Å². The molecule has 2 aromatic carbocycles. The van der Waals surface area contributed by atoms with Crippen LogP contribution in [0.1, 0.15) is 35.9 Å². The summed E-state index contributed by atoms with van der Waals surface area (Å²) in [6.07, 6.45) is 3.85. The van der Waals surface area contributed by atoms with E-state index in [0.29, 0.717) is 52.1 Å². The number of benzene rings is 2. The Morgan fingerprint density at radius 1 is 1.10 bits per heavy atom. The van der Waals surface area contributed by atoms with Crippen molar-refractivity contribution >= 4 is 40.1 Å².